The van der Waals surface area contributed by atoms with Crippen LogP contribution < -0.4 is 10.2 Å². The molecule has 2 N–H and O–H groups in total. The Hall–Kier alpha value is -1.76. The number of unbranched alkanes of at least 4 members (excludes halogenated alkanes) is 28. The van der Waals surface area contributed by atoms with Crippen LogP contribution in [0.4, 0.5) is 0 Å². The number of carboxylic acids is 2. The van der Waals surface area contributed by atoms with E-state index in [2.05, 4.69) is 13.8 Å². The molecular formula is C48H82CaO6. The predicted octanol–water partition coefficient (Wildman–Crippen LogP) is 12.4. The van der Waals surface area contributed by atoms with Gasteiger partial charge in [0, 0.05) is 11.9 Å². The fourth-order valence-electron chi connectivity index (χ4n) is 6.14. The minimum atomic E-state index is -0.903. The van der Waals surface area contributed by atoms with Crippen LogP contribution in [-0.2, 0) is 9.59 Å². The van der Waals surface area contributed by atoms with Crippen molar-refractivity contribution in [2.24, 2.45) is 0 Å². The van der Waals surface area contributed by atoms with Gasteiger partial charge in [-0.15, -0.1) is 0 Å². The van der Waals surface area contributed by atoms with Gasteiger partial charge in [-0.05, 0) is 49.9 Å². The zero-order valence-electron chi connectivity index (χ0n) is 35.6. The Labute approximate surface area is 368 Å². The zero-order valence-corrected chi connectivity index (χ0v) is 37.8. The molecule has 2 aromatic carbocycles. The first-order valence-electron chi connectivity index (χ1n) is 22.2. The van der Waals surface area contributed by atoms with Crippen LogP contribution in [0.2, 0.25) is 0 Å². The molecule has 6 nitrogen and oxygen atoms in total. The average Bonchev–Trinajstić information content (AvgIpc) is 3.16. The van der Waals surface area contributed by atoms with E-state index < -0.39 is 11.9 Å². The Bertz CT molecular complexity index is 922. The van der Waals surface area contributed by atoms with Crippen LogP contribution >= 0.6 is 0 Å². The van der Waals surface area contributed by atoms with Gasteiger partial charge in [-0.3, -0.25) is 0 Å². The summed E-state index contributed by atoms with van der Waals surface area (Å²) in [6, 6.07) is 17.4. The molecule has 0 aliphatic carbocycles. The summed E-state index contributed by atoms with van der Waals surface area (Å²) in [7, 11) is 0. The number of phenols is 2. The number of hydrogen-bond acceptors (Lipinski definition) is 6. The summed E-state index contributed by atoms with van der Waals surface area (Å²) in [5, 5.41) is 37.7. The third kappa shape index (κ3) is 56.7. The Morgan fingerprint density at radius 2 is 0.545 bits per heavy atom. The minimum Gasteiger partial charge on any atom is -0.550 e. The summed E-state index contributed by atoms with van der Waals surface area (Å²) in [5.41, 5.74) is 0. The summed E-state index contributed by atoms with van der Waals surface area (Å²) >= 11 is 0. The maximum absolute atomic E-state index is 10.2. The van der Waals surface area contributed by atoms with Gasteiger partial charge in [0.1, 0.15) is 11.5 Å². The third-order valence-electron chi connectivity index (χ3n) is 9.48. The molecule has 0 fully saturated rings. The molecule has 0 radical (unpaired) electrons. The molecule has 0 aliphatic rings. The summed E-state index contributed by atoms with van der Waals surface area (Å²) < 4.78 is 0. The minimum absolute atomic E-state index is 0. The number of phenolic OH excluding ortho intramolecular Hbond substituents is 2. The molecule has 0 amide bonds. The molecular weight excluding hydrogens is 713 g/mol. The monoisotopic (exact) mass is 795 g/mol. The molecule has 2 aromatic rings. The molecule has 312 valence electrons. The molecule has 0 unspecified atom stereocenters. The number of aliphatic carboxylic acids is 2. The van der Waals surface area contributed by atoms with Crippen molar-refractivity contribution in [1.29, 1.82) is 0 Å². The number of benzene rings is 2. The second-order valence-electron chi connectivity index (χ2n) is 14.8. The van der Waals surface area contributed by atoms with Crippen molar-refractivity contribution in [3.05, 3.63) is 60.7 Å². The van der Waals surface area contributed by atoms with Crippen molar-refractivity contribution in [2.45, 2.75) is 219 Å². The van der Waals surface area contributed by atoms with Crippen LogP contribution in [0, 0.1) is 0 Å². The van der Waals surface area contributed by atoms with E-state index in [0.717, 1.165) is 25.7 Å². The van der Waals surface area contributed by atoms with Crippen LogP contribution in [0.5, 0.6) is 11.5 Å². The van der Waals surface area contributed by atoms with E-state index in [9.17, 15) is 19.8 Å². The van der Waals surface area contributed by atoms with Crippen molar-refractivity contribution < 1.29 is 30.0 Å². The van der Waals surface area contributed by atoms with E-state index in [1.165, 1.54) is 167 Å². The maximum atomic E-state index is 10.2. The van der Waals surface area contributed by atoms with Gasteiger partial charge >= 0.3 is 37.7 Å². The molecule has 0 bridgehead atoms. The molecule has 0 aromatic heterocycles. The summed E-state index contributed by atoms with van der Waals surface area (Å²) in [4.78, 5) is 20.4. The largest absolute Gasteiger partial charge is 2.00 e. The molecule has 0 atom stereocenters. The first-order valence-corrected chi connectivity index (χ1v) is 22.2. The van der Waals surface area contributed by atoms with E-state index >= 15 is 0 Å². The molecule has 0 saturated carbocycles. The first-order chi connectivity index (χ1) is 26.3. The standard InChI is InChI=1S/2C18H36O2.2C6H6O.Ca/c2*1-2-3-4-5-6-7-8-9-10-11-12-13-14-15-16-17-18(19)20;2*7-6-4-2-1-3-5-6;/h2*2-17H2,1H3,(H,19,20);2*1-5,7H;/q;;;;+2/p-2. The Balaban J connectivity index is -0.000000716. The van der Waals surface area contributed by atoms with Crippen LogP contribution in [0.3, 0.4) is 0 Å². The Morgan fingerprint density at radius 1 is 0.364 bits per heavy atom. The average molecular weight is 795 g/mol. The number of para-hydroxylation sites is 2. The number of carbonyl (C=O) groups excluding carboxylic acids is 2. The number of carbonyl (C=O) groups is 2. The van der Waals surface area contributed by atoms with E-state index in [-0.39, 0.29) is 50.6 Å². The van der Waals surface area contributed by atoms with Crippen molar-refractivity contribution in [3.63, 3.8) is 0 Å². The Kier molecular flexibility index (Phi) is 52.6. The SMILES string of the molecule is CCCCCCCCCCCCCCCCCC(=O)[O-].CCCCCCCCCCCCCCCCCC(=O)[O-].Oc1ccccc1.Oc1ccccc1.[Ca+2]. The number of aromatic hydroxyl groups is 2. The van der Waals surface area contributed by atoms with E-state index in [1.54, 1.807) is 48.5 Å². The predicted molar refractivity (Wildman–Crippen MR) is 231 cm³/mol. The van der Waals surface area contributed by atoms with Gasteiger partial charge in [0.25, 0.3) is 0 Å². The van der Waals surface area contributed by atoms with Crippen molar-refractivity contribution in [2.75, 3.05) is 0 Å². The fourth-order valence-corrected chi connectivity index (χ4v) is 6.14. The van der Waals surface area contributed by atoms with Gasteiger partial charge in [0.15, 0.2) is 0 Å². The van der Waals surface area contributed by atoms with Crippen LogP contribution in [0.25, 0.3) is 0 Å². The summed E-state index contributed by atoms with van der Waals surface area (Å²) in [5.74, 6) is -1.16. The second-order valence-corrected chi connectivity index (χ2v) is 14.8. The topological polar surface area (TPSA) is 121 Å². The quantitative estimate of drug-likeness (QED) is 0.0562. The van der Waals surface area contributed by atoms with Crippen molar-refractivity contribution >= 4 is 49.7 Å². The zero-order chi connectivity index (χ0) is 40.0. The van der Waals surface area contributed by atoms with Crippen LogP contribution in [0.1, 0.15) is 219 Å². The molecule has 7 heteroatoms. The molecule has 0 heterocycles. The van der Waals surface area contributed by atoms with Gasteiger partial charge < -0.3 is 30.0 Å². The van der Waals surface area contributed by atoms with E-state index in [1.807, 2.05) is 12.1 Å². The fraction of sp³-hybridized carbons (Fsp3) is 0.708. The van der Waals surface area contributed by atoms with Gasteiger partial charge in [-0.25, -0.2) is 0 Å². The van der Waals surface area contributed by atoms with Crippen LogP contribution in [0.15, 0.2) is 60.7 Å². The molecule has 0 spiro atoms. The summed E-state index contributed by atoms with van der Waals surface area (Å²) in [6.07, 6.45) is 39.7. The third-order valence-corrected chi connectivity index (χ3v) is 9.48. The van der Waals surface area contributed by atoms with Crippen molar-refractivity contribution in [1.82, 2.24) is 0 Å². The van der Waals surface area contributed by atoms with Crippen LogP contribution in [-0.4, -0.2) is 59.9 Å². The normalized spacial score (nSPS) is 10.1. The Morgan fingerprint density at radius 3 is 0.691 bits per heavy atom. The number of rotatable bonds is 32. The van der Waals surface area contributed by atoms with E-state index in [4.69, 9.17) is 10.2 Å². The molecule has 0 aliphatic heterocycles. The van der Waals surface area contributed by atoms with Gasteiger partial charge in [-0.2, -0.15) is 0 Å². The van der Waals surface area contributed by atoms with Gasteiger partial charge in [0.05, 0.1) is 0 Å². The number of hydrogen-bond donors (Lipinski definition) is 2. The van der Waals surface area contributed by atoms with Gasteiger partial charge in [-0.1, -0.05) is 230 Å². The molecule has 2 rings (SSSR count). The van der Waals surface area contributed by atoms with Crippen molar-refractivity contribution in [3.8, 4) is 11.5 Å². The first kappa shape index (κ1) is 57.6. The second kappa shape index (κ2) is 50.3. The molecule has 55 heavy (non-hydrogen) atoms. The molecule has 0 saturated heterocycles. The maximum Gasteiger partial charge on any atom is 2.00 e. The number of carboxylic acid groups (broad SMARTS) is 2. The van der Waals surface area contributed by atoms with Gasteiger partial charge in [0.2, 0.25) is 0 Å². The van der Waals surface area contributed by atoms with E-state index in [0.29, 0.717) is 11.5 Å². The summed E-state index contributed by atoms with van der Waals surface area (Å²) in [6.45, 7) is 4.53. The smallest absolute Gasteiger partial charge is 0.550 e.